The number of hydrogen-bond donors (Lipinski definition) is 1. The van der Waals surface area contributed by atoms with Gasteiger partial charge in [-0.3, -0.25) is 0 Å². The maximum absolute atomic E-state index is 11.9. The van der Waals surface area contributed by atoms with Gasteiger partial charge >= 0.3 is 5.97 Å². The molecule has 0 aliphatic carbocycles. The molecule has 0 saturated carbocycles. The highest BCUT2D eigenvalue weighted by Crippen LogP contribution is 2.13. The number of hydrogen-bond acceptors (Lipinski definition) is 6. The molecule has 0 atom stereocenters. The zero-order valence-corrected chi connectivity index (χ0v) is 16.2. The lowest BCUT2D eigenvalue weighted by atomic mass is 10.1. The molecule has 0 unspecified atom stereocenters. The van der Waals surface area contributed by atoms with Crippen LogP contribution in [0.4, 0.5) is 0 Å². The van der Waals surface area contributed by atoms with E-state index in [2.05, 4.69) is 34.3 Å². The normalized spacial score (nSPS) is 10.6. The fourth-order valence-corrected chi connectivity index (χ4v) is 2.58. The number of carbonyl (C=O) groups excluding carboxylic acids is 1. The largest absolute Gasteiger partial charge is 0.494 e. The summed E-state index contributed by atoms with van der Waals surface area (Å²) in [5.74, 6) is 0.560. The molecule has 0 bridgehead atoms. The molecule has 1 heterocycles. The van der Waals surface area contributed by atoms with Crippen LogP contribution in [0.2, 0.25) is 0 Å². The summed E-state index contributed by atoms with van der Waals surface area (Å²) in [6.07, 6.45) is 6.78. The van der Waals surface area contributed by atoms with Crippen molar-refractivity contribution in [3.63, 3.8) is 0 Å². The summed E-state index contributed by atoms with van der Waals surface area (Å²) < 4.78 is 10.7. The quantitative estimate of drug-likeness (QED) is 0.456. The van der Waals surface area contributed by atoms with Crippen molar-refractivity contribution in [2.45, 2.75) is 39.5 Å². The van der Waals surface area contributed by atoms with Gasteiger partial charge in [0, 0.05) is 19.2 Å². The molecule has 6 heteroatoms. The summed E-state index contributed by atoms with van der Waals surface area (Å²) in [5.41, 5.74) is 2.42. The first-order chi connectivity index (χ1) is 13.2. The number of ether oxygens (including phenoxy) is 2. The molecular formula is C21H29N3O3. The molecule has 0 saturated heterocycles. The van der Waals surface area contributed by atoms with Crippen molar-refractivity contribution in [1.29, 1.82) is 0 Å². The van der Waals surface area contributed by atoms with E-state index in [0.29, 0.717) is 24.3 Å². The second-order valence-electron chi connectivity index (χ2n) is 6.20. The third-order valence-corrected chi connectivity index (χ3v) is 4.11. The van der Waals surface area contributed by atoms with Gasteiger partial charge in [-0.1, -0.05) is 25.5 Å². The van der Waals surface area contributed by atoms with E-state index in [-0.39, 0.29) is 5.97 Å². The van der Waals surface area contributed by atoms with Crippen LogP contribution in [0.15, 0.2) is 36.8 Å². The number of benzene rings is 1. The van der Waals surface area contributed by atoms with Gasteiger partial charge in [-0.15, -0.1) is 0 Å². The smallest absolute Gasteiger partial charge is 0.341 e. The SMILES string of the molecule is CCCCOc1ccc(CCNCCc2ncncc2C(=O)OCC)cc1. The molecule has 0 fully saturated rings. The lowest BCUT2D eigenvalue weighted by Crippen LogP contribution is -2.22. The summed E-state index contributed by atoms with van der Waals surface area (Å²) >= 11 is 0. The van der Waals surface area contributed by atoms with Crippen molar-refractivity contribution < 1.29 is 14.3 Å². The van der Waals surface area contributed by atoms with E-state index >= 15 is 0 Å². The number of aromatic nitrogens is 2. The summed E-state index contributed by atoms with van der Waals surface area (Å²) in [6, 6.07) is 8.26. The highest BCUT2D eigenvalue weighted by atomic mass is 16.5. The second kappa shape index (κ2) is 12.0. The van der Waals surface area contributed by atoms with E-state index in [9.17, 15) is 4.79 Å². The minimum absolute atomic E-state index is 0.341. The zero-order valence-electron chi connectivity index (χ0n) is 16.2. The van der Waals surface area contributed by atoms with Crippen molar-refractivity contribution >= 4 is 5.97 Å². The van der Waals surface area contributed by atoms with Gasteiger partial charge in [-0.25, -0.2) is 14.8 Å². The molecule has 0 spiro atoms. The highest BCUT2D eigenvalue weighted by Gasteiger charge is 2.13. The molecule has 1 N–H and O–H groups in total. The molecule has 2 rings (SSSR count). The predicted molar refractivity (Wildman–Crippen MR) is 105 cm³/mol. The summed E-state index contributed by atoms with van der Waals surface area (Å²) in [7, 11) is 0. The second-order valence-corrected chi connectivity index (χ2v) is 6.20. The maximum Gasteiger partial charge on any atom is 0.341 e. The van der Waals surface area contributed by atoms with E-state index in [1.807, 2.05) is 12.1 Å². The van der Waals surface area contributed by atoms with E-state index in [1.54, 1.807) is 6.92 Å². The summed E-state index contributed by atoms with van der Waals surface area (Å²) in [4.78, 5) is 20.0. The van der Waals surface area contributed by atoms with E-state index in [1.165, 1.54) is 18.1 Å². The Labute approximate surface area is 161 Å². The van der Waals surface area contributed by atoms with E-state index in [4.69, 9.17) is 9.47 Å². The monoisotopic (exact) mass is 371 g/mol. The number of nitrogens with zero attached hydrogens (tertiary/aromatic N) is 2. The van der Waals surface area contributed by atoms with Crippen LogP contribution in [0.1, 0.15) is 48.3 Å². The van der Waals surface area contributed by atoms with Crippen LogP contribution in [-0.2, 0) is 17.6 Å². The molecule has 0 amide bonds. The number of rotatable bonds is 12. The van der Waals surface area contributed by atoms with Gasteiger partial charge in [-0.2, -0.15) is 0 Å². The van der Waals surface area contributed by atoms with Gasteiger partial charge in [0.2, 0.25) is 0 Å². The van der Waals surface area contributed by atoms with Gasteiger partial charge in [0.05, 0.1) is 24.5 Å². The topological polar surface area (TPSA) is 73.3 Å². The number of unbranched alkanes of at least 4 members (excludes halogenated alkanes) is 1. The molecule has 1 aromatic heterocycles. The molecule has 2 aromatic rings. The fraction of sp³-hybridized carbons (Fsp3) is 0.476. The first kappa shape index (κ1) is 20.8. The zero-order chi connectivity index (χ0) is 19.3. The number of nitrogens with one attached hydrogen (secondary N) is 1. The third kappa shape index (κ3) is 7.35. The van der Waals surface area contributed by atoms with Crippen molar-refractivity contribution in [1.82, 2.24) is 15.3 Å². The lowest BCUT2D eigenvalue weighted by molar-refractivity contribution is 0.0524. The Bertz CT molecular complexity index is 689. The molecule has 0 radical (unpaired) electrons. The Kier molecular flexibility index (Phi) is 9.27. The standard InChI is InChI=1S/C21H29N3O3/c1-3-5-14-27-18-8-6-17(7-9-18)10-12-22-13-11-20-19(15-23-16-24-20)21(25)26-4-2/h6-9,15-16,22H,3-5,10-14H2,1-2H3. The molecule has 146 valence electrons. The van der Waals surface area contributed by atoms with Gasteiger partial charge in [0.15, 0.2) is 0 Å². The first-order valence-electron chi connectivity index (χ1n) is 9.63. The fourth-order valence-electron chi connectivity index (χ4n) is 2.58. The Balaban J connectivity index is 1.71. The Morgan fingerprint density at radius 1 is 1.11 bits per heavy atom. The molecule has 0 aliphatic rings. The average molecular weight is 371 g/mol. The van der Waals surface area contributed by atoms with Crippen molar-refractivity contribution in [3.8, 4) is 5.75 Å². The number of carbonyl (C=O) groups is 1. The molecule has 0 aliphatic heterocycles. The predicted octanol–water partition coefficient (Wildman–Crippen LogP) is 3.21. The summed E-state index contributed by atoms with van der Waals surface area (Å²) in [6.45, 7) is 6.65. The van der Waals surface area contributed by atoms with Crippen molar-refractivity contribution in [2.75, 3.05) is 26.3 Å². The van der Waals surface area contributed by atoms with Crippen LogP contribution in [0.5, 0.6) is 5.75 Å². The van der Waals surface area contributed by atoms with Crippen LogP contribution < -0.4 is 10.1 Å². The van der Waals surface area contributed by atoms with Crippen LogP contribution >= 0.6 is 0 Å². The Morgan fingerprint density at radius 3 is 2.63 bits per heavy atom. The van der Waals surface area contributed by atoms with Crippen LogP contribution in [-0.4, -0.2) is 42.2 Å². The van der Waals surface area contributed by atoms with Gasteiger partial charge < -0.3 is 14.8 Å². The van der Waals surface area contributed by atoms with E-state index in [0.717, 1.165) is 44.7 Å². The van der Waals surface area contributed by atoms with Gasteiger partial charge in [0.1, 0.15) is 12.1 Å². The van der Waals surface area contributed by atoms with Crippen LogP contribution in [0.25, 0.3) is 0 Å². The first-order valence-corrected chi connectivity index (χ1v) is 9.63. The van der Waals surface area contributed by atoms with Crippen LogP contribution in [0, 0.1) is 0 Å². The lowest BCUT2D eigenvalue weighted by Gasteiger charge is -2.09. The third-order valence-electron chi connectivity index (χ3n) is 4.11. The molecule has 1 aromatic carbocycles. The summed E-state index contributed by atoms with van der Waals surface area (Å²) in [5, 5.41) is 3.39. The van der Waals surface area contributed by atoms with Gasteiger partial charge in [-0.05, 0) is 44.0 Å². The molecular weight excluding hydrogens is 342 g/mol. The Hall–Kier alpha value is -2.47. The molecule has 27 heavy (non-hydrogen) atoms. The maximum atomic E-state index is 11.9. The van der Waals surface area contributed by atoms with E-state index < -0.39 is 0 Å². The van der Waals surface area contributed by atoms with Gasteiger partial charge in [0.25, 0.3) is 0 Å². The minimum atomic E-state index is -0.366. The van der Waals surface area contributed by atoms with Crippen molar-refractivity contribution in [3.05, 3.63) is 53.6 Å². The van der Waals surface area contributed by atoms with Crippen molar-refractivity contribution in [2.24, 2.45) is 0 Å². The Morgan fingerprint density at radius 2 is 1.89 bits per heavy atom. The highest BCUT2D eigenvalue weighted by molar-refractivity contribution is 5.90. The average Bonchev–Trinajstić information content (AvgIpc) is 2.69. The van der Waals surface area contributed by atoms with Crippen LogP contribution in [0.3, 0.4) is 0 Å². The molecule has 6 nitrogen and oxygen atoms in total. The minimum Gasteiger partial charge on any atom is -0.494 e. The number of esters is 1.